The highest BCUT2D eigenvalue weighted by Gasteiger charge is 2.09. The van der Waals surface area contributed by atoms with Crippen molar-refractivity contribution in [3.05, 3.63) is 47.7 Å². The van der Waals surface area contributed by atoms with Gasteiger partial charge >= 0.3 is 5.97 Å². The van der Waals surface area contributed by atoms with Gasteiger partial charge in [0.2, 0.25) is 0 Å². The van der Waals surface area contributed by atoms with Crippen molar-refractivity contribution in [3.8, 4) is 0 Å². The van der Waals surface area contributed by atoms with E-state index in [-0.39, 0.29) is 5.82 Å². The Kier molecular flexibility index (Phi) is 4.83. The highest BCUT2D eigenvalue weighted by Crippen LogP contribution is 2.19. The first kappa shape index (κ1) is 14.6. The molecule has 7 heteroatoms. The van der Waals surface area contributed by atoms with Crippen molar-refractivity contribution < 1.29 is 13.9 Å². The summed E-state index contributed by atoms with van der Waals surface area (Å²) in [4.78, 5) is 19.3. The van der Waals surface area contributed by atoms with Gasteiger partial charge in [0, 0.05) is 5.69 Å². The quantitative estimate of drug-likeness (QED) is 0.496. The number of rotatable bonds is 4. The highest BCUT2D eigenvalue weighted by molar-refractivity contribution is 14.1. The maximum Gasteiger partial charge on any atom is 0.337 e. The first-order valence-electron chi connectivity index (χ1n) is 5.67. The zero-order valence-electron chi connectivity index (χ0n) is 10.6. The van der Waals surface area contributed by atoms with E-state index < -0.39 is 11.8 Å². The normalized spacial score (nSPS) is 10.2. The van der Waals surface area contributed by atoms with Crippen molar-refractivity contribution in [2.45, 2.75) is 4.43 Å². The summed E-state index contributed by atoms with van der Waals surface area (Å²) in [6.45, 7) is 0. The minimum absolute atomic E-state index is 0.0775. The minimum atomic E-state index is -0.554. The van der Waals surface area contributed by atoms with Crippen LogP contribution in [-0.4, -0.2) is 23.0 Å². The standard InChI is InChI=1S/C13H11FIN3O2/c1-20-13(19)8-3-2-4-9(5-8)17-12-10(14)7-16-11(6-15)18-12/h2-5,7H,6H2,1H3,(H,16,17,18). The Morgan fingerprint density at radius 1 is 1.50 bits per heavy atom. The third kappa shape index (κ3) is 3.41. The molecule has 2 rings (SSSR count). The van der Waals surface area contributed by atoms with Gasteiger partial charge in [0.1, 0.15) is 5.82 Å². The van der Waals surface area contributed by atoms with Gasteiger partial charge in [-0.05, 0) is 18.2 Å². The number of aromatic nitrogens is 2. The highest BCUT2D eigenvalue weighted by atomic mass is 127. The zero-order valence-corrected chi connectivity index (χ0v) is 12.7. The Labute approximate surface area is 128 Å². The lowest BCUT2D eigenvalue weighted by molar-refractivity contribution is 0.0601. The van der Waals surface area contributed by atoms with Crippen molar-refractivity contribution in [1.82, 2.24) is 9.97 Å². The van der Waals surface area contributed by atoms with Crippen molar-refractivity contribution >= 4 is 40.1 Å². The van der Waals surface area contributed by atoms with Crippen molar-refractivity contribution in [2.24, 2.45) is 0 Å². The summed E-state index contributed by atoms with van der Waals surface area (Å²) in [7, 11) is 1.30. The SMILES string of the molecule is COC(=O)c1cccc(Nc2nc(CI)ncc2F)c1. The van der Waals surface area contributed by atoms with E-state index in [1.807, 2.05) is 0 Å². The van der Waals surface area contributed by atoms with Gasteiger partial charge in [0.25, 0.3) is 0 Å². The molecule has 0 amide bonds. The van der Waals surface area contributed by atoms with Crippen LogP contribution in [0.25, 0.3) is 0 Å². The molecule has 0 aliphatic carbocycles. The molecule has 0 unspecified atom stereocenters. The molecule has 0 spiro atoms. The third-order valence-corrected chi connectivity index (χ3v) is 3.14. The minimum Gasteiger partial charge on any atom is -0.465 e. The van der Waals surface area contributed by atoms with Crippen LogP contribution in [0.3, 0.4) is 0 Å². The maximum atomic E-state index is 13.6. The van der Waals surface area contributed by atoms with Crippen LogP contribution in [-0.2, 0) is 9.16 Å². The van der Waals surface area contributed by atoms with E-state index in [1.165, 1.54) is 7.11 Å². The number of nitrogens with one attached hydrogen (secondary N) is 1. The molecule has 20 heavy (non-hydrogen) atoms. The van der Waals surface area contributed by atoms with Crippen LogP contribution >= 0.6 is 22.6 Å². The number of hydrogen-bond acceptors (Lipinski definition) is 5. The van der Waals surface area contributed by atoms with Gasteiger partial charge in [-0.1, -0.05) is 28.7 Å². The molecule has 1 N–H and O–H groups in total. The Hall–Kier alpha value is -1.77. The van der Waals surface area contributed by atoms with E-state index in [1.54, 1.807) is 24.3 Å². The van der Waals surface area contributed by atoms with Crippen LogP contribution < -0.4 is 5.32 Å². The first-order chi connectivity index (χ1) is 9.63. The van der Waals surface area contributed by atoms with Crippen molar-refractivity contribution in [1.29, 1.82) is 0 Å². The van der Waals surface area contributed by atoms with Crippen molar-refractivity contribution in [2.75, 3.05) is 12.4 Å². The number of alkyl halides is 1. The fourth-order valence-electron chi connectivity index (χ4n) is 1.53. The second-order valence-electron chi connectivity index (χ2n) is 3.81. The monoisotopic (exact) mass is 387 g/mol. The molecule has 0 bridgehead atoms. The Bertz CT molecular complexity index is 637. The smallest absolute Gasteiger partial charge is 0.337 e. The molecular formula is C13H11FIN3O2. The number of esters is 1. The number of hydrogen-bond donors (Lipinski definition) is 1. The number of nitrogens with zero attached hydrogens (tertiary/aromatic N) is 2. The molecule has 1 aromatic carbocycles. The molecular weight excluding hydrogens is 376 g/mol. The van der Waals surface area contributed by atoms with E-state index in [2.05, 4.69) is 42.6 Å². The van der Waals surface area contributed by atoms with Crippen LogP contribution in [0.5, 0.6) is 0 Å². The lowest BCUT2D eigenvalue weighted by atomic mass is 10.2. The van der Waals surface area contributed by atoms with E-state index in [0.29, 0.717) is 21.5 Å². The summed E-state index contributed by atoms with van der Waals surface area (Å²) in [5.74, 6) is -0.404. The van der Waals surface area contributed by atoms with Gasteiger partial charge in [0.05, 0.1) is 23.3 Å². The second-order valence-corrected chi connectivity index (χ2v) is 4.58. The topological polar surface area (TPSA) is 64.1 Å². The van der Waals surface area contributed by atoms with E-state index in [9.17, 15) is 9.18 Å². The predicted molar refractivity (Wildman–Crippen MR) is 80.8 cm³/mol. The molecule has 0 aliphatic heterocycles. The van der Waals surface area contributed by atoms with E-state index in [4.69, 9.17) is 0 Å². The summed E-state index contributed by atoms with van der Waals surface area (Å²) in [6.07, 6.45) is 1.12. The Morgan fingerprint density at radius 2 is 2.30 bits per heavy atom. The summed E-state index contributed by atoms with van der Waals surface area (Å²) in [5.41, 5.74) is 0.922. The molecule has 0 saturated heterocycles. The number of methoxy groups -OCH3 is 1. The van der Waals surface area contributed by atoms with Crippen LogP contribution in [0.2, 0.25) is 0 Å². The first-order valence-corrected chi connectivity index (χ1v) is 7.19. The van der Waals surface area contributed by atoms with Crippen LogP contribution in [0.4, 0.5) is 15.9 Å². The lowest BCUT2D eigenvalue weighted by Crippen LogP contribution is -2.04. The molecule has 0 radical (unpaired) electrons. The van der Waals surface area contributed by atoms with Gasteiger partial charge in [-0.15, -0.1) is 0 Å². The summed E-state index contributed by atoms with van der Waals surface area (Å²) in [6, 6.07) is 6.56. The Morgan fingerprint density at radius 3 is 3.00 bits per heavy atom. The molecule has 1 aromatic heterocycles. The fourth-order valence-corrected chi connectivity index (χ4v) is 1.90. The van der Waals surface area contributed by atoms with Gasteiger partial charge in [0.15, 0.2) is 11.6 Å². The average molecular weight is 387 g/mol. The second kappa shape index (κ2) is 6.60. The van der Waals surface area contributed by atoms with Gasteiger partial charge in [-0.25, -0.2) is 19.2 Å². The van der Waals surface area contributed by atoms with Gasteiger partial charge in [-0.3, -0.25) is 0 Å². The van der Waals surface area contributed by atoms with E-state index in [0.717, 1.165) is 6.20 Å². The summed E-state index contributed by atoms with van der Waals surface area (Å²) >= 11 is 2.10. The molecule has 104 valence electrons. The molecule has 0 atom stereocenters. The number of carbonyl (C=O) groups excluding carboxylic acids is 1. The molecule has 0 aliphatic rings. The number of carbonyl (C=O) groups is 1. The molecule has 5 nitrogen and oxygen atoms in total. The lowest BCUT2D eigenvalue weighted by Gasteiger charge is -2.08. The number of benzene rings is 1. The molecule has 0 saturated carbocycles. The van der Waals surface area contributed by atoms with Crippen LogP contribution in [0, 0.1) is 5.82 Å². The average Bonchev–Trinajstić information content (AvgIpc) is 2.49. The zero-order chi connectivity index (χ0) is 14.5. The molecule has 1 heterocycles. The van der Waals surface area contributed by atoms with Crippen molar-refractivity contribution in [3.63, 3.8) is 0 Å². The van der Waals surface area contributed by atoms with Crippen LogP contribution in [0.1, 0.15) is 16.2 Å². The maximum absolute atomic E-state index is 13.6. The van der Waals surface area contributed by atoms with Gasteiger partial charge in [-0.2, -0.15) is 0 Å². The van der Waals surface area contributed by atoms with Gasteiger partial charge < -0.3 is 10.1 Å². The number of anilines is 2. The summed E-state index contributed by atoms with van der Waals surface area (Å²) in [5, 5.41) is 2.83. The Balaban J connectivity index is 2.28. The third-order valence-electron chi connectivity index (χ3n) is 2.46. The van der Waals surface area contributed by atoms with Crippen LogP contribution in [0.15, 0.2) is 30.5 Å². The van der Waals surface area contributed by atoms with E-state index >= 15 is 0 Å². The number of ether oxygens (including phenoxy) is 1. The predicted octanol–water partition coefficient (Wildman–Crippen LogP) is 3.08. The number of halogens is 2. The fraction of sp³-hybridized carbons (Fsp3) is 0.154. The molecule has 0 fully saturated rings. The molecule has 2 aromatic rings. The summed E-state index contributed by atoms with van der Waals surface area (Å²) < 4.78 is 18.8. The largest absolute Gasteiger partial charge is 0.465 e.